The van der Waals surface area contributed by atoms with Crippen LogP contribution >= 0.6 is 11.6 Å². The molecule has 1 aliphatic heterocycles. The van der Waals surface area contributed by atoms with E-state index in [1.54, 1.807) is 24.0 Å². The Hall–Kier alpha value is -2.01. The number of nitrogens with one attached hydrogen (secondary N) is 1. The first kappa shape index (κ1) is 16.8. The van der Waals surface area contributed by atoms with Crippen molar-refractivity contribution in [2.75, 3.05) is 13.2 Å². The fourth-order valence-corrected chi connectivity index (χ4v) is 3.06. The molecule has 0 bridgehead atoms. The number of benzene rings is 1. The average molecular weight is 349 g/mol. The maximum Gasteiger partial charge on any atom is 0.338 e. The van der Waals surface area contributed by atoms with E-state index in [1.165, 1.54) is 0 Å². The number of nitrogens with zero attached hydrogens (tertiary/aromatic N) is 1. The fraction of sp³-hybridized carbons (Fsp3) is 0.444. The highest BCUT2D eigenvalue weighted by Crippen LogP contribution is 2.36. The van der Waals surface area contributed by atoms with E-state index >= 15 is 0 Å². The summed E-state index contributed by atoms with van der Waals surface area (Å²) in [6.07, 6.45) is 2.26. The van der Waals surface area contributed by atoms with E-state index in [2.05, 4.69) is 5.32 Å². The van der Waals surface area contributed by atoms with Crippen LogP contribution in [0.1, 0.15) is 38.3 Å². The van der Waals surface area contributed by atoms with Crippen LogP contribution in [0.15, 0.2) is 35.5 Å². The van der Waals surface area contributed by atoms with Gasteiger partial charge in [0.1, 0.15) is 0 Å². The number of ether oxygens (including phenoxy) is 1. The molecule has 3 rings (SSSR count). The molecule has 0 spiro atoms. The van der Waals surface area contributed by atoms with E-state index in [1.807, 2.05) is 19.1 Å². The van der Waals surface area contributed by atoms with Gasteiger partial charge in [0.15, 0.2) is 0 Å². The largest absolute Gasteiger partial charge is 0.463 e. The Morgan fingerprint density at radius 2 is 2.00 bits per heavy atom. The van der Waals surface area contributed by atoms with Gasteiger partial charge in [-0.2, -0.15) is 0 Å². The molecular formula is C18H21ClN2O3. The van der Waals surface area contributed by atoms with Crippen molar-refractivity contribution in [1.82, 2.24) is 10.2 Å². The molecule has 1 N–H and O–H groups in total. The van der Waals surface area contributed by atoms with Gasteiger partial charge in [0.2, 0.25) is 0 Å². The Morgan fingerprint density at radius 1 is 1.33 bits per heavy atom. The zero-order valence-electron chi connectivity index (χ0n) is 13.8. The van der Waals surface area contributed by atoms with Crippen LogP contribution in [0, 0.1) is 5.92 Å². The molecule has 2 amide bonds. The molecule has 1 fully saturated rings. The maximum atomic E-state index is 12.5. The van der Waals surface area contributed by atoms with Gasteiger partial charge in [-0.15, -0.1) is 0 Å². The molecule has 0 saturated heterocycles. The molecule has 1 saturated carbocycles. The molecule has 0 radical (unpaired) electrons. The number of allylic oxidation sites excluding steroid dienone is 1. The van der Waals surface area contributed by atoms with Crippen molar-refractivity contribution in [1.29, 1.82) is 0 Å². The third kappa shape index (κ3) is 3.41. The van der Waals surface area contributed by atoms with Crippen LogP contribution in [0.25, 0.3) is 0 Å². The number of hydrogen-bond acceptors (Lipinski definition) is 3. The second-order valence-electron chi connectivity index (χ2n) is 6.21. The van der Waals surface area contributed by atoms with Crippen molar-refractivity contribution in [2.24, 2.45) is 5.92 Å². The van der Waals surface area contributed by atoms with Gasteiger partial charge >= 0.3 is 12.0 Å². The quantitative estimate of drug-likeness (QED) is 0.826. The minimum atomic E-state index is -0.524. The average Bonchev–Trinajstić information content (AvgIpc) is 3.36. The van der Waals surface area contributed by atoms with E-state index < -0.39 is 12.0 Å². The van der Waals surface area contributed by atoms with Crippen LogP contribution in [0.2, 0.25) is 5.02 Å². The molecule has 1 aliphatic carbocycles. The van der Waals surface area contributed by atoms with Crippen LogP contribution < -0.4 is 5.32 Å². The lowest BCUT2D eigenvalue weighted by Crippen LogP contribution is -2.48. The van der Waals surface area contributed by atoms with Gasteiger partial charge < -0.3 is 10.1 Å². The molecule has 1 heterocycles. The number of urea groups is 1. The smallest absolute Gasteiger partial charge is 0.338 e. The molecule has 5 nitrogen and oxygen atoms in total. The molecule has 24 heavy (non-hydrogen) atoms. The number of rotatable bonds is 5. The summed E-state index contributed by atoms with van der Waals surface area (Å²) in [5.41, 5.74) is 1.96. The minimum Gasteiger partial charge on any atom is -0.463 e. The number of esters is 1. The van der Waals surface area contributed by atoms with Gasteiger partial charge in [0.05, 0.1) is 18.2 Å². The molecule has 1 unspecified atom stereocenters. The number of hydrogen-bond donors (Lipinski definition) is 1. The second kappa shape index (κ2) is 6.85. The molecular weight excluding hydrogens is 328 g/mol. The standard InChI is InChI=1S/C18H21ClN2O3/c1-3-24-17(22)15-11(2)21(10-12-4-5-12)18(23)20-16(15)13-6-8-14(19)9-7-13/h6-9,12,16H,3-5,10H2,1-2H3,(H,20,23). The fourth-order valence-electron chi connectivity index (χ4n) is 2.94. The topological polar surface area (TPSA) is 58.6 Å². The van der Waals surface area contributed by atoms with Crippen LogP contribution in [0.3, 0.4) is 0 Å². The predicted octanol–water partition coefficient (Wildman–Crippen LogP) is 3.65. The Labute approximate surface area is 146 Å². The van der Waals surface area contributed by atoms with E-state index in [4.69, 9.17) is 16.3 Å². The monoisotopic (exact) mass is 348 g/mol. The molecule has 1 aromatic rings. The molecule has 2 aliphatic rings. The van der Waals surface area contributed by atoms with E-state index in [0.29, 0.717) is 35.4 Å². The number of carbonyl (C=O) groups is 2. The Balaban J connectivity index is 1.99. The summed E-state index contributed by atoms with van der Waals surface area (Å²) >= 11 is 5.94. The van der Waals surface area contributed by atoms with Crippen molar-refractivity contribution in [2.45, 2.75) is 32.7 Å². The highest BCUT2D eigenvalue weighted by molar-refractivity contribution is 6.30. The highest BCUT2D eigenvalue weighted by atomic mass is 35.5. The second-order valence-corrected chi connectivity index (χ2v) is 6.64. The lowest BCUT2D eigenvalue weighted by atomic mass is 9.95. The van der Waals surface area contributed by atoms with Gasteiger partial charge in [-0.05, 0) is 50.3 Å². The van der Waals surface area contributed by atoms with Crippen molar-refractivity contribution in [3.05, 3.63) is 46.1 Å². The molecule has 6 heteroatoms. The van der Waals surface area contributed by atoms with Gasteiger partial charge in [-0.3, -0.25) is 4.90 Å². The third-order valence-corrected chi connectivity index (χ3v) is 4.68. The summed E-state index contributed by atoms with van der Waals surface area (Å²) in [5.74, 6) is 0.136. The van der Waals surface area contributed by atoms with E-state index in [-0.39, 0.29) is 6.03 Å². The molecule has 128 valence electrons. The summed E-state index contributed by atoms with van der Waals surface area (Å²) in [6, 6.07) is 6.43. The van der Waals surface area contributed by atoms with Crippen molar-refractivity contribution in [3.8, 4) is 0 Å². The zero-order valence-corrected chi connectivity index (χ0v) is 14.6. The number of carbonyl (C=O) groups excluding carboxylic acids is 2. The van der Waals surface area contributed by atoms with Crippen LogP contribution in [-0.4, -0.2) is 30.1 Å². The first-order valence-electron chi connectivity index (χ1n) is 8.22. The summed E-state index contributed by atoms with van der Waals surface area (Å²) in [4.78, 5) is 26.7. The summed E-state index contributed by atoms with van der Waals surface area (Å²) in [7, 11) is 0. The lowest BCUT2D eigenvalue weighted by Gasteiger charge is -2.35. The van der Waals surface area contributed by atoms with E-state index in [9.17, 15) is 9.59 Å². The number of halogens is 1. The normalized spacial score (nSPS) is 20.9. The van der Waals surface area contributed by atoms with E-state index in [0.717, 1.165) is 18.4 Å². The van der Waals surface area contributed by atoms with Gasteiger partial charge in [-0.1, -0.05) is 23.7 Å². The summed E-state index contributed by atoms with van der Waals surface area (Å²) < 4.78 is 5.23. The Bertz CT molecular complexity index is 680. The zero-order chi connectivity index (χ0) is 17.3. The van der Waals surface area contributed by atoms with Crippen molar-refractivity contribution >= 4 is 23.6 Å². The molecule has 0 aromatic heterocycles. The van der Waals surface area contributed by atoms with Crippen LogP contribution in [0.5, 0.6) is 0 Å². The first-order valence-corrected chi connectivity index (χ1v) is 8.60. The third-order valence-electron chi connectivity index (χ3n) is 4.43. The van der Waals surface area contributed by atoms with Gasteiger partial charge in [0, 0.05) is 17.3 Å². The van der Waals surface area contributed by atoms with Gasteiger partial charge in [0.25, 0.3) is 0 Å². The maximum absolute atomic E-state index is 12.5. The SMILES string of the molecule is CCOC(=O)C1=C(C)N(CC2CC2)C(=O)NC1c1ccc(Cl)cc1. The summed E-state index contributed by atoms with van der Waals surface area (Å²) in [5, 5.41) is 3.55. The van der Waals surface area contributed by atoms with Crippen molar-refractivity contribution < 1.29 is 14.3 Å². The minimum absolute atomic E-state index is 0.174. The Morgan fingerprint density at radius 3 is 2.58 bits per heavy atom. The number of amides is 2. The predicted molar refractivity (Wildman–Crippen MR) is 91.5 cm³/mol. The highest BCUT2D eigenvalue weighted by Gasteiger charge is 2.38. The lowest BCUT2D eigenvalue weighted by molar-refractivity contribution is -0.139. The van der Waals surface area contributed by atoms with Crippen LogP contribution in [0.4, 0.5) is 4.79 Å². The molecule has 1 atom stereocenters. The Kier molecular flexibility index (Phi) is 4.81. The van der Waals surface area contributed by atoms with Gasteiger partial charge in [-0.25, -0.2) is 9.59 Å². The van der Waals surface area contributed by atoms with Crippen molar-refractivity contribution in [3.63, 3.8) is 0 Å². The first-order chi connectivity index (χ1) is 11.5. The molecule has 1 aromatic carbocycles. The van der Waals surface area contributed by atoms with Crippen LogP contribution in [-0.2, 0) is 9.53 Å². The summed E-state index contributed by atoms with van der Waals surface area (Å²) in [6.45, 7) is 4.53.